The molecule has 21 heavy (non-hydrogen) atoms. The molecule has 0 heterocycles. The Morgan fingerprint density at radius 2 is 1.95 bits per heavy atom. The normalized spacial score (nSPS) is 17.5. The van der Waals surface area contributed by atoms with Gasteiger partial charge in [0.2, 0.25) is 0 Å². The number of halogens is 2. The van der Waals surface area contributed by atoms with E-state index in [1.807, 2.05) is 0 Å². The maximum atomic E-state index is 13.6. The Balaban J connectivity index is 1.61. The van der Waals surface area contributed by atoms with Gasteiger partial charge < -0.3 is 5.32 Å². The van der Waals surface area contributed by atoms with Gasteiger partial charge in [0.15, 0.2) is 0 Å². The average molecular weight is 287 g/mol. The lowest BCUT2D eigenvalue weighted by atomic mass is 9.83. The van der Waals surface area contributed by atoms with E-state index in [1.54, 1.807) is 0 Å². The van der Waals surface area contributed by atoms with Crippen molar-refractivity contribution in [1.82, 2.24) is 5.32 Å². The van der Waals surface area contributed by atoms with Crippen molar-refractivity contribution in [3.05, 3.63) is 70.8 Å². The molecule has 0 aromatic heterocycles. The van der Waals surface area contributed by atoms with E-state index in [9.17, 15) is 8.78 Å². The van der Waals surface area contributed by atoms with Gasteiger partial charge in [-0.3, -0.25) is 0 Å². The molecule has 0 fully saturated rings. The van der Waals surface area contributed by atoms with Crippen LogP contribution in [0.25, 0.3) is 0 Å². The minimum atomic E-state index is -0.530. The molecule has 0 saturated heterocycles. The van der Waals surface area contributed by atoms with Crippen molar-refractivity contribution in [1.29, 1.82) is 0 Å². The predicted octanol–water partition coefficient (Wildman–Crippen LogP) is 4.17. The zero-order valence-corrected chi connectivity index (χ0v) is 11.9. The highest BCUT2D eigenvalue weighted by Gasteiger charge is 2.19. The predicted molar refractivity (Wildman–Crippen MR) is 80.2 cm³/mol. The van der Waals surface area contributed by atoms with Gasteiger partial charge in [-0.15, -0.1) is 0 Å². The van der Waals surface area contributed by atoms with E-state index < -0.39 is 11.6 Å². The van der Waals surface area contributed by atoms with Crippen molar-refractivity contribution < 1.29 is 8.78 Å². The molecule has 0 aliphatic heterocycles. The zero-order valence-electron chi connectivity index (χ0n) is 11.9. The Kier molecular flexibility index (Phi) is 4.30. The second-order valence-corrected chi connectivity index (χ2v) is 5.65. The molecule has 0 saturated carbocycles. The van der Waals surface area contributed by atoms with Crippen molar-refractivity contribution in [2.24, 2.45) is 0 Å². The van der Waals surface area contributed by atoms with E-state index in [-0.39, 0.29) is 0 Å². The molecule has 3 heteroatoms. The molecule has 0 spiro atoms. The van der Waals surface area contributed by atoms with Gasteiger partial charge in [-0.05, 0) is 42.4 Å². The number of rotatable bonds is 4. The Bertz CT molecular complexity index is 624. The van der Waals surface area contributed by atoms with E-state index in [4.69, 9.17) is 0 Å². The van der Waals surface area contributed by atoms with Gasteiger partial charge in [-0.2, -0.15) is 0 Å². The standard InChI is InChI=1S/C18H19F2N/c19-16-9-8-15(18(20)10-16)12-21-11-14-6-3-5-13-4-1-2-7-17(13)14/h1-2,4,7-10,14,21H,3,5-6,11-12H2. The van der Waals surface area contributed by atoms with Crippen molar-refractivity contribution in [3.8, 4) is 0 Å². The highest BCUT2D eigenvalue weighted by atomic mass is 19.1. The number of aryl methyl sites for hydroxylation is 1. The van der Waals surface area contributed by atoms with E-state index in [2.05, 4.69) is 29.6 Å². The Labute approximate surface area is 124 Å². The second-order valence-electron chi connectivity index (χ2n) is 5.65. The first kappa shape index (κ1) is 14.2. The smallest absolute Gasteiger partial charge is 0.130 e. The summed E-state index contributed by atoms with van der Waals surface area (Å²) in [5.74, 6) is -0.525. The highest BCUT2D eigenvalue weighted by Crippen LogP contribution is 2.30. The fourth-order valence-corrected chi connectivity index (χ4v) is 3.11. The van der Waals surface area contributed by atoms with E-state index in [0.717, 1.165) is 25.5 Å². The lowest BCUT2D eigenvalue weighted by Gasteiger charge is -2.25. The summed E-state index contributed by atoms with van der Waals surface area (Å²) in [6.45, 7) is 1.26. The molecule has 0 radical (unpaired) electrons. The molecule has 1 aliphatic rings. The fourth-order valence-electron chi connectivity index (χ4n) is 3.11. The van der Waals surface area contributed by atoms with Crippen molar-refractivity contribution >= 4 is 0 Å². The molecule has 110 valence electrons. The molecule has 1 aliphatic carbocycles. The van der Waals surface area contributed by atoms with Gasteiger partial charge in [-0.1, -0.05) is 30.3 Å². The van der Waals surface area contributed by atoms with Crippen molar-refractivity contribution in [2.75, 3.05) is 6.54 Å². The number of nitrogens with one attached hydrogen (secondary N) is 1. The van der Waals surface area contributed by atoms with Crippen LogP contribution in [0.1, 0.15) is 35.4 Å². The Morgan fingerprint density at radius 3 is 2.81 bits per heavy atom. The molecule has 3 rings (SSSR count). The van der Waals surface area contributed by atoms with Crippen LogP contribution in [0, 0.1) is 11.6 Å². The van der Waals surface area contributed by atoms with Gasteiger partial charge in [0.05, 0.1) is 0 Å². The summed E-state index contributed by atoms with van der Waals surface area (Å²) < 4.78 is 26.4. The quantitative estimate of drug-likeness (QED) is 0.889. The van der Waals surface area contributed by atoms with Crippen LogP contribution in [0.15, 0.2) is 42.5 Å². The van der Waals surface area contributed by atoms with Gasteiger partial charge in [0, 0.05) is 24.7 Å². The molecule has 0 amide bonds. The van der Waals surface area contributed by atoms with Gasteiger partial charge in [-0.25, -0.2) is 8.78 Å². The molecule has 1 atom stereocenters. The van der Waals surface area contributed by atoms with E-state index in [0.29, 0.717) is 18.0 Å². The van der Waals surface area contributed by atoms with Gasteiger partial charge >= 0.3 is 0 Å². The van der Waals surface area contributed by atoms with Crippen LogP contribution in [-0.4, -0.2) is 6.54 Å². The fraction of sp³-hybridized carbons (Fsp3) is 0.333. The summed E-state index contributed by atoms with van der Waals surface area (Å²) in [5.41, 5.74) is 3.36. The zero-order chi connectivity index (χ0) is 14.7. The van der Waals surface area contributed by atoms with Gasteiger partial charge in [0.25, 0.3) is 0 Å². The lowest BCUT2D eigenvalue weighted by molar-refractivity contribution is 0.498. The lowest BCUT2D eigenvalue weighted by Crippen LogP contribution is -2.24. The molecule has 1 N–H and O–H groups in total. The summed E-state index contributed by atoms with van der Waals surface area (Å²) in [6, 6.07) is 12.3. The van der Waals surface area contributed by atoms with Crippen LogP contribution in [-0.2, 0) is 13.0 Å². The monoisotopic (exact) mass is 287 g/mol. The first-order chi connectivity index (χ1) is 10.2. The minimum absolute atomic E-state index is 0.435. The minimum Gasteiger partial charge on any atom is -0.312 e. The number of hydrogen-bond acceptors (Lipinski definition) is 1. The first-order valence-electron chi connectivity index (χ1n) is 7.46. The van der Waals surface area contributed by atoms with Crippen LogP contribution < -0.4 is 5.32 Å². The Hall–Kier alpha value is -1.74. The highest BCUT2D eigenvalue weighted by molar-refractivity contribution is 5.32. The third-order valence-electron chi connectivity index (χ3n) is 4.21. The maximum Gasteiger partial charge on any atom is 0.130 e. The maximum absolute atomic E-state index is 13.6. The van der Waals surface area contributed by atoms with Crippen LogP contribution in [0.5, 0.6) is 0 Å². The summed E-state index contributed by atoms with van der Waals surface area (Å²) in [7, 11) is 0. The summed E-state index contributed by atoms with van der Waals surface area (Å²) in [4.78, 5) is 0. The summed E-state index contributed by atoms with van der Waals surface area (Å²) in [5, 5.41) is 3.31. The van der Waals surface area contributed by atoms with Crippen LogP contribution in [0.3, 0.4) is 0 Å². The van der Waals surface area contributed by atoms with E-state index in [1.165, 1.54) is 29.7 Å². The molecule has 1 nitrogen and oxygen atoms in total. The number of hydrogen-bond donors (Lipinski definition) is 1. The molecule has 2 aromatic carbocycles. The Morgan fingerprint density at radius 1 is 1.10 bits per heavy atom. The van der Waals surface area contributed by atoms with Crippen LogP contribution in [0.2, 0.25) is 0 Å². The molecular formula is C18H19F2N. The van der Waals surface area contributed by atoms with Crippen LogP contribution >= 0.6 is 0 Å². The second kappa shape index (κ2) is 6.35. The molecule has 0 bridgehead atoms. The van der Waals surface area contributed by atoms with Gasteiger partial charge in [0.1, 0.15) is 11.6 Å². The first-order valence-corrected chi connectivity index (χ1v) is 7.46. The van der Waals surface area contributed by atoms with Crippen molar-refractivity contribution in [2.45, 2.75) is 31.7 Å². The molecule has 2 aromatic rings. The third kappa shape index (κ3) is 3.30. The van der Waals surface area contributed by atoms with Crippen LogP contribution in [0.4, 0.5) is 8.78 Å². The average Bonchev–Trinajstić information content (AvgIpc) is 2.50. The number of benzene rings is 2. The molecular weight excluding hydrogens is 268 g/mol. The topological polar surface area (TPSA) is 12.0 Å². The van der Waals surface area contributed by atoms with Crippen molar-refractivity contribution in [3.63, 3.8) is 0 Å². The summed E-state index contributed by atoms with van der Waals surface area (Å²) in [6.07, 6.45) is 3.52. The third-order valence-corrected chi connectivity index (χ3v) is 4.21. The molecule has 1 unspecified atom stereocenters. The summed E-state index contributed by atoms with van der Waals surface area (Å²) >= 11 is 0. The largest absolute Gasteiger partial charge is 0.312 e. The van der Waals surface area contributed by atoms with E-state index >= 15 is 0 Å². The SMILES string of the molecule is Fc1ccc(CNCC2CCCc3ccccc32)c(F)c1. The number of fused-ring (bicyclic) bond motifs is 1.